The van der Waals surface area contributed by atoms with E-state index in [1.165, 1.54) is 37.8 Å². The zero-order chi connectivity index (χ0) is 19.2. The minimum Gasteiger partial charge on any atom is -0.464 e. The number of rotatable bonds is 7. The predicted molar refractivity (Wildman–Crippen MR) is 105 cm³/mol. The van der Waals surface area contributed by atoms with Crippen molar-refractivity contribution in [3.63, 3.8) is 0 Å². The van der Waals surface area contributed by atoms with Crippen LogP contribution in [0.25, 0.3) is 0 Å². The Balaban J connectivity index is 1.74. The summed E-state index contributed by atoms with van der Waals surface area (Å²) in [4.78, 5) is 27.3. The van der Waals surface area contributed by atoms with Crippen LogP contribution in [-0.2, 0) is 14.3 Å². The molecule has 2 fully saturated rings. The van der Waals surface area contributed by atoms with Gasteiger partial charge in [0.15, 0.2) is 0 Å². The molecule has 148 valence electrons. The first kappa shape index (κ1) is 20.2. The van der Waals surface area contributed by atoms with Gasteiger partial charge in [0.1, 0.15) is 17.2 Å². The molecule has 1 amide bonds. The van der Waals surface area contributed by atoms with E-state index in [9.17, 15) is 14.0 Å². The van der Waals surface area contributed by atoms with E-state index in [0.29, 0.717) is 24.7 Å². The highest BCUT2D eigenvalue weighted by molar-refractivity contribution is 7.99. The Kier molecular flexibility index (Phi) is 7.16. The van der Waals surface area contributed by atoms with Gasteiger partial charge in [0.2, 0.25) is 5.91 Å². The normalized spacial score (nSPS) is 23.0. The summed E-state index contributed by atoms with van der Waals surface area (Å²) in [5.41, 5.74) is 0.849. The van der Waals surface area contributed by atoms with Crippen LogP contribution < -0.4 is 0 Å². The van der Waals surface area contributed by atoms with Crippen molar-refractivity contribution in [2.45, 2.75) is 63.3 Å². The highest BCUT2D eigenvalue weighted by Crippen LogP contribution is 2.42. The summed E-state index contributed by atoms with van der Waals surface area (Å²) >= 11 is 1.55. The molecule has 0 aromatic heterocycles. The molecule has 2 atom stereocenters. The summed E-state index contributed by atoms with van der Waals surface area (Å²) in [7, 11) is 0. The maximum absolute atomic E-state index is 13.3. The number of benzene rings is 1. The number of esters is 1. The topological polar surface area (TPSA) is 46.6 Å². The quantitative estimate of drug-likeness (QED) is 0.631. The number of ether oxygens (including phenoxy) is 1. The van der Waals surface area contributed by atoms with Gasteiger partial charge in [-0.1, -0.05) is 44.7 Å². The van der Waals surface area contributed by atoms with Gasteiger partial charge < -0.3 is 9.64 Å². The van der Waals surface area contributed by atoms with Crippen LogP contribution in [0.1, 0.15) is 62.8 Å². The molecule has 1 aliphatic carbocycles. The van der Waals surface area contributed by atoms with Crippen LogP contribution in [0, 0.1) is 11.7 Å². The van der Waals surface area contributed by atoms with Crippen LogP contribution in [0.15, 0.2) is 24.3 Å². The molecule has 2 aliphatic rings. The van der Waals surface area contributed by atoms with Crippen molar-refractivity contribution in [1.82, 2.24) is 4.90 Å². The highest BCUT2D eigenvalue weighted by atomic mass is 32.2. The lowest BCUT2D eigenvalue weighted by Gasteiger charge is -2.29. The van der Waals surface area contributed by atoms with E-state index in [0.717, 1.165) is 18.4 Å². The number of halogens is 1. The second-order valence-corrected chi connectivity index (χ2v) is 8.52. The summed E-state index contributed by atoms with van der Waals surface area (Å²) in [5.74, 6) is 0.501. The van der Waals surface area contributed by atoms with Crippen molar-refractivity contribution < 1.29 is 18.7 Å². The summed E-state index contributed by atoms with van der Waals surface area (Å²) in [6.07, 6.45) is 7.00. The average molecular weight is 394 g/mol. The Morgan fingerprint density at radius 3 is 2.59 bits per heavy atom. The maximum atomic E-state index is 13.3. The van der Waals surface area contributed by atoms with Crippen LogP contribution in [0.2, 0.25) is 0 Å². The zero-order valence-corrected chi connectivity index (χ0v) is 16.7. The molecule has 1 aromatic carbocycles. The number of carbonyl (C=O) groups is 2. The molecule has 3 rings (SSSR count). The zero-order valence-electron chi connectivity index (χ0n) is 15.9. The van der Waals surface area contributed by atoms with Crippen LogP contribution in [0.5, 0.6) is 0 Å². The minimum absolute atomic E-state index is 0.000302. The van der Waals surface area contributed by atoms with Crippen molar-refractivity contribution in [1.29, 1.82) is 0 Å². The van der Waals surface area contributed by atoms with E-state index in [1.807, 2.05) is 6.92 Å². The Morgan fingerprint density at radius 2 is 1.93 bits per heavy atom. The number of hydrogen-bond acceptors (Lipinski definition) is 4. The number of thioether (sulfide) groups is 1. The van der Waals surface area contributed by atoms with Gasteiger partial charge in [-0.2, -0.15) is 0 Å². The standard InChI is InChI=1S/C21H28FNO3S/c1-2-13-26-21(25)18-14-27-20(16-8-10-17(22)11-9-16)23(18)19(24)12-7-15-5-3-4-6-15/h8-11,15,18,20H,2-7,12-14H2,1H3. The minimum atomic E-state index is -0.562. The van der Waals surface area contributed by atoms with Crippen LogP contribution in [0.3, 0.4) is 0 Å². The third kappa shape index (κ3) is 5.03. The first-order valence-corrected chi connectivity index (χ1v) is 11.0. The number of amides is 1. The van der Waals surface area contributed by atoms with Gasteiger partial charge in [-0.25, -0.2) is 9.18 Å². The van der Waals surface area contributed by atoms with Gasteiger partial charge in [-0.3, -0.25) is 4.79 Å². The molecular formula is C21H28FNO3S. The van der Waals surface area contributed by atoms with Gasteiger partial charge in [0.25, 0.3) is 0 Å². The fraction of sp³-hybridized carbons (Fsp3) is 0.619. The van der Waals surface area contributed by atoms with Crippen molar-refractivity contribution in [3.8, 4) is 0 Å². The Bertz CT molecular complexity index is 645. The molecule has 0 spiro atoms. The van der Waals surface area contributed by atoms with E-state index in [4.69, 9.17) is 4.74 Å². The molecule has 0 bridgehead atoms. The molecule has 1 aliphatic heterocycles. The Hall–Kier alpha value is -1.56. The van der Waals surface area contributed by atoms with E-state index in [-0.39, 0.29) is 23.1 Å². The molecular weight excluding hydrogens is 365 g/mol. The first-order chi connectivity index (χ1) is 13.1. The van der Waals surface area contributed by atoms with Crippen molar-refractivity contribution in [2.75, 3.05) is 12.4 Å². The largest absolute Gasteiger partial charge is 0.464 e. The number of nitrogens with zero attached hydrogens (tertiary/aromatic N) is 1. The second kappa shape index (κ2) is 9.58. The smallest absolute Gasteiger partial charge is 0.329 e. The predicted octanol–water partition coefficient (Wildman–Crippen LogP) is 4.69. The molecule has 2 unspecified atom stereocenters. The molecule has 1 aromatic rings. The van der Waals surface area contributed by atoms with Crippen LogP contribution in [-0.4, -0.2) is 35.2 Å². The van der Waals surface area contributed by atoms with E-state index in [1.54, 1.807) is 28.8 Å². The third-order valence-corrected chi connectivity index (χ3v) is 6.73. The molecule has 1 saturated carbocycles. The maximum Gasteiger partial charge on any atom is 0.329 e. The Labute approximate surface area is 164 Å². The number of carbonyl (C=O) groups excluding carboxylic acids is 2. The lowest BCUT2D eigenvalue weighted by Crippen LogP contribution is -2.44. The van der Waals surface area contributed by atoms with Crippen molar-refractivity contribution >= 4 is 23.6 Å². The number of hydrogen-bond donors (Lipinski definition) is 0. The van der Waals surface area contributed by atoms with E-state index in [2.05, 4.69) is 0 Å². The van der Waals surface area contributed by atoms with Crippen LogP contribution in [0.4, 0.5) is 4.39 Å². The van der Waals surface area contributed by atoms with Crippen LogP contribution >= 0.6 is 11.8 Å². The fourth-order valence-electron chi connectivity index (χ4n) is 3.93. The molecule has 1 saturated heterocycles. The first-order valence-electron chi connectivity index (χ1n) is 9.95. The summed E-state index contributed by atoms with van der Waals surface area (Å²) in [6.45, 7) is 2.31. The highest BCUT2D eigenvalue weighted by Gasteiger charge is 2.43. The fourth-order valence-corrected chi connectivity index (χ4v) is 5.37. The van der Waals surface area contributed by atoms with Gasteiger partial charge >= 0.3 is 5.97 Å². The molecule has 1 heterocycles. The summed E-state index contributed by atoms with van der Waals surface area (Å²) in [6, 6.07) is 5.64. The van der Waals surface area contributed by atoms with Gasteiger partial charge in [0, 0.05) is 12.2 Å². The van der Waals surface area contributed by atoms with Gasteiger partial charge in [-0.05, 0) is 36.5 Å². The van der Waals surface area contributed by atoms with Gasteiger partial charge in [0.05, 0.1) is 6.61 Å². The molecule has 0 radical (unpaired) electrons. The summed E-state index contributed by atoms with van der Waals surface area (Å²) in [5, 5.41) is -0.263. The molecule has 4 nitrogen and oxygen atoms in total. The second-order valence-electron chi connectivity index (χ2n) is 7.41. The lowest BCUT2D eigenvalue weighted by molar-refractivity contribution is -0.154. The molecule has 6 heteroatoms. The van der Waals surface area contributed by atoms with E-state index < -0.39 is 6.04 Å². The Morgan fingerprint density at radius 1 is 1.22 bits per heavy atom. The van der Waals surface area contributed by atoms with Crippen molar-refractivity contribution in [2.24, 2.45) is 5.92 Å². The monoisotopic (exact) mass is 393 g/mol. The summed E-state index contributed by atoms with van der Waals surface area (Å²) < 4.78 is 18.6. The molecule has 0 N–H and O–H groups in total. The lowest BCUT2D eigenvalue weighted by atomic mass is 10.0. The van der Waals surface area contributed by atoms with E-state index >= 15 is 0 Å². The average Bonchev–Trinajstić information content (AvgIpc) is 3.34. The SMILES string of the molecule is CCCOC(=O)C1CSC(c2ccc(F)cc2)N1C(=O)CCC1CCCC1. The van der Waals surface area contributed by atoms with Gasteiger partial charge in [-0.15, -0.1) is 11.8 Å². The third-order valence-electron chi connectivity index (χ3n) is 5.41. The molecule has 27 heavy (non-hydrogen) atoms. The van der Waals surface area contributed by atoms with Crippen molar-refractivity contribution in [3.05, 3.63) is 35.6 Å².